The zero-order valence-corrected chi connectivity index (χ0v) is 14.0. The Morgan fingerprint density at radius 3 is 2.57 bits per heavy atom. The predicted octanol–water partition coefficient (Wildman–Crippen LogP) is 4.57. The lowest BCUT2D eigenvalue weighted by atomic mass is 10.1. The molecule has 0 aliphatic heterocycles. The van der Waals surface area contributed by atoms with E-state index in [1.165, 1.54) is 16.9 Å². The van der Waals surface area contributed by atoms with Gasteiger partial charge >= 0.3 is 6.03 Å². The number of benzene rings is 2. The fourth-order valence-electron chi connectivity index (χ4n) is 2.36. The molecule has 6 heteroatoms. The molecular weight excluding hydrogens is 310 g/mol. The van der Waals surface area contributed by atoms with Gasteiger partial charge in [-0.25, -0.2) is 9.78 Å². The summed E-state index contributed by atoms with van der Waals surface area (Å²) in [5, 5.41) is 6.14. The number of nitrogens with zero attached hydrogens (tertiary/aromatic N) is 1. The van der Waals surface area contributed by atoms with Crippen LogP contribution in [-0.4, -0.2) is 18.1 Å². The first-order valence-electron chi connectivity index (χ1n) is 7.15. The predicted molar refractivity (Wildman–Crippen MR) is 94.7 cm³/mol. The van der Waals surface area contributed by atoms with Crippen molar-refractivity contribution >= 4 is 38.4 Å². The molecule has 0 aliphatic carbocycles. The third kappa shape index (κ3) is 3.43. The van der Waals surface area contributed by atoms with Crippen molar-refractivity contribution in [2.45, 2.75) is 13.8 Å². The van der Waals surface area contributed by atoms with Crippen LogP contribution in [0.25, 0.3) is 10.2 Å². The molecule has 2 amide bonds. The van der Waals surface area contributed by atoms with Crippen molar-refractivity contribution in [1.82, 2.24) is 4.98 Å². The number of aromatic nitrogens is 1. The molecule has 5 nitrogen and oxygen atoms in total. The van der Waals surface area contributed by atoms with Crippen LogP contribution in [0.4, 0.5) is 15.6 Å². The van der Waals surface area contributed by atoms with Gasteiger partial charge in [0.1, 0.15) is 5.75 Å². The minimum Gasteiger partial charge on any atom is -0.497 e. The van der Waals surface area contributed by atoms with Gasteiger partial charge in [-0.2, -0.15) is 0 Å². The number of methoxy groups -OCH3 is 1. The highest BCUT2D eigenvalue weighted by atomic mass is 32.1. The molecular formula is C17H17N3O2S. The lowest BCUT2D eigenvalue weighted by Crippen LogP contribution is -2.19. The molecule has 0 fully saturated rings. The quantitative estimate of drug-likeness (QED) is 0.741. The van der Waals surface area contributed by atoms with Gasteiger partial charge < -0.3 is 10.1 Å². The van der Waals surface area contributed by atoms with Crippen LogP contribution in [0.3, 0.4) is 0 Å². The average Bonchev–Trinajstić information content (AvgIpc) is 2.90. The van der Waals surface area contributed by atoms with E-state index in [2.05, 4.69) is 34.7 Å². The Morgan fingerprint density at radius 2 is 1.87 bits per heavy atom. The van der Waals surface area contributed by atoms with E-state index >= 15 is 0 Å². The summed E-state index contributed by atoms with van der Waals surface area (Å²) in [5.41, 5.74) is 3.92. The molecule has 0 saturated carbocycles. The molecule has 3 rings (SSSR count). The smallest absolute Gasteiger partial charge is 0.325 e. The van der Waals surface area contributed by atoms with Crippen molar-refractivity contribution in [1.29, 1.82) is 0 Å². The van der Waals surface area contributed by atoms with E-state index in [1.807, 2.05) is 6.92 Å². The molecule has 0 unspecified atom stereocenters. The minimum absolute atomic E-state index is 0.316. The highest BCUT2D eigenvalue weighted by Gasteiger charge is 2.10. The third-order valence-electron chi connectivity index (χ3n) is 3.40. The first-order chi connectivity index (χ1) is 11.0. The van der Waals surface area contributed by atoms with Crippen molar-refractivity contribution in [3.05, 3.63) is 47.5 Å². The molecule has 0 atom stereocenters. The molecule has 0 bridgehead atoms. The van der Waals surface area contributed by atoms with E-state index in [9.17, 15) is 4.79 Å². The van der Waals surface area contributed by atoms with Gasteiger partial charge in [0, 0.05) is 5.69 Å². The number of thiazole rings is 1. The Labute approximate surface area is 138 Å². The molecule has 0 aliphatic rings. The highest BCUT2D eigenvalue weighted by molar-refractivity contribution is 7.22. The van der Waals surface area contributed by atoms with Crippen LogP contribution >= 0.6 is 11.3 Å². The highest BCUT2D eigenvalue weighted by Crippen LogP contribution is 2.29. The molecule has 1 heterocycles. The van der Waals surface area contributed by atoms with Gasteiger partial charge in [0.15, 0.2) is 5.13 Å². The van der Waals surface area contributed by atoms with E-state index in [4.69, 9.17) is 4.74 Å². The second-order valence-electron chi connectivity index (χ2n) is 5.26. The molecule has 2 N–H and O–H groups in total. The number of anilines is 2. The maximum atomic E-state index is 12.1. The summed E-state index contributed by atoms with van der Waals surface area (Å²) in [6.45, 7) is 4.08. The Kier molecular flexibility index (Phi) is 4.16. The second-order valence-corrected chi connectivity index (χ2v) is 6.29. The van der Waals surface area contributed by atoms with Crippen molar-refractivity contribution in [3.63, 3.8) is 0 Å². The SMILES string of the molecule is COc1ccc(NC(=O)Nc2nc3c(C)cc(C)cc3s2)cc1. The summed E-state index contributed by atoms with van der Waals surface area (Å²) < 4.78 is 6.16. The van der Waals surface area contributed by atoms with Gasteiger partial charge in [-0.3, -0.25) is 5.32 Å². The van der Waals surface area contributed by atoms with Gasteiger partial charge in [0.05, 0.1) is 17.3 Å². The molecule has 23 heavy (non-hydrogen) atoms. The molecule has 1 aromatic heterocycles. The number of urea groups is 1. The lowest BCUT2D eigenvalue weighted by Gasteiger charge is -2.06. The van der Waals surface area contributed by atoms with Gasteiger partial charge in [-0.15, -0.1) is 0 Å². The number of amides is 2. The Morgan fingerprint density at radius 1 is 1.13 bits per heavy atom. The number of carbonyl (C=O) groups is 1. The van der Waals surface area contributed by atoms with Crippen LogP contribution in [-0.2, 0) is 0 Å². The van der Waals surface area contributed by atoms with E-state index < -0.39 is 0 Å². The summed E-state index contributed by atoms with van der Waals surface area (Å²) in [5.74, 6) is 0.743. The van der Waals surface area contributed by atoms with E-state index in [1.54, 1.807) is 31.4 Å². The fourth-order valence-corrected chi connectivity index (χ4v) is 3.39. The van der Waals surface area contributed by atoms with Gasteiger partial charge in [-0.05, 0) is 55.3 Å². The van der Waals surface area contributed by atoms with Crippen LogP contribution in [0.15, 0.2) is 36.4 Å². The molecule has 0 radical (unpaired) electrons. The lowest BCUT2D eigenvalue weighted by molar-refractivity contribution is 0.262. The number of rotatable bonds is 3. The van der Waals surface area contributed by atoms with Gasteiger partial charge in [-0.1, -0.05) is 17.4 Å². The first kappa shape index (κ1) is 15.3. The third-order valence-corrected chi connectivity index (χ3v) is 4.32. The Bertz CT molecular complexity index is 856. The molecule has 0 spiro atoms. The van der Waals surface area contributed by atoms with Crippen LogP contribution < -0.4 is 15.4 Å². The van der Waals surface area contributed by atoms with Crippen LogP contribution in [0.2, 0.25) is 0 Å². The van der Waals surface area contributed by atoms with Crippen molar-refractivity contribution in [3.8, 4) is 5.75 Å². The molecule has 2 aromatic carbocycles. The number of hydrogen-bond donors (Lipinski definition) is 2. The van der Waals surface area contributed by atoms with Crippen molar-refractivity contribution < 1.29 is 9.53 Å². The number of hydrogen-bond acceptors (Lipinski definition) is 4. The van der Waals surface area contributed by atoms with E-state index in [0.717, 1.165) is 21.5 Å². The number of nitrogens with one attached hydrogen (secondary N) is 2. The normalized spacial score (nSPS) is 10.6. The maximum absolute atomic E-state index is 12.1. The Hall–Kier alpha value is -2.60. The van der Waals surface area contributed by atoms with Crippen molar-refractivity contribution in [2.24, 2.45) is 0 Å². The average molecular weight is 327 g/mol. The van der Waals surface area contributed by atoms with Gasteiger partial charge in [0.25, 0.3) is 0 Å². The van der Waals surface area contributed by atoms with Crippen LogP contribution in [0.5, 0.6) is 5.75 Å². The zero-order valence-electron chi connectivity index (χ0n) is 13.1. The maximum Gasteiger partial charge on any atom is 0.325 e. The van der Waals surface area contributed by atoms with E-state index in [-0.39, 0.29) is 6.03 Å². The summed E-state index contributed by atoms with van der Waals surface area (Å²) in [6.07, 6.45) is 0. The second kappa shape index (κ2) is 6.26. The largest absolute Gasteiger partial charge is 0.497 e. The Balaban J connectivity index is 1.73. The standard InChI is InChI=1S/C17H17N3O2S/c1-10-8-11(2)15-14(9-10)23-17(19-15)20-16(21)18-12-4-6-13(22-3)7-5-12/h4-9H,1-3H3,(H2,18,19,20,21). The zero-order chi connectivity index (χ0) is 16.4. The topological polar surface area (TPSA) is 63.2 Å². The number of carbonyl (C=O) groups excluding carboxylic acids is 1. The number of aryl methyl sites for hydroxylation is 2. The van der Waals surface area contributed by atoms with Crippen molar-refractivity contribution in [2.75, 3.05) is 17.7 Å². The number of ether oxygens (including phenoxy) is 1. The molecule has 118 valence electrons. The summed E-state index contributed by atoms with van der Waals surface area (Å²) in [4.78, 5) is 16.6. The first-order valence-corrected chi connectivity index (χ1v) is 7.96. The molecule has 0 saturated heterocycles. The summed E-state index contributed by atoms with van der Waals surface area (Å²) in [6, 6.07) is 11.0. The minimum atomic E-state index is -0.316. The monoisotopic (exact) mass is 327 g/mol. The van der Waals surface area contributed by atoms with E-state index in [0.29, 0.717) is 10.8 Å². The fraction of sp³-hybridized carbons (Fsp3) is 0.176. The van der Waals surface area contributed by atoms with Gasteiger partial charge in [0.2, 0.25) is 0 Å². The summed E-state index contributed by atoms with van der Waals surface area (Å²) >= 11 is 1.47. The number of fused-ring (bicyclic) bond motifs is 1. The summed E-state index contributed by atoms with van der Waals surface area (Å²) in [7, 11) is 1.60. The van der Waals surface area contributed by atoms with Crippen LogP contribution in [0, 0.1) is 13.8 Å². The van der Waals surface area contributed by atoms with Crippen LogP contribution in [0.1, 0.15) is 11.1 Å². The molecule has 3 aromatic rings.